The average Bonchev–Trinajstić information content (AvgIpc) is 3.57. The van der Waals surface area contributed by atoms with Crippen molar-refractivity contribution >= 4 is 49.1 Å². The lowest BCUT2D eigenvalue weighted by atomic mass is 10.0. The van der Waals surface area contributed by atoms with Crippen LogP contribution >= 0.6 is 22.9 Å². The molecule has 4 aromatic rings. The monoisotopic (exact) mass is 565 g/mol. The third kappa shape index (κ3) is 4.53. The van der Waals surface area contributed by atoms with Gasteiger partial charge in [-0.25, -0.2) is 13.4 Å². The van der Waals surface area contributed by atoms with Crippen LogP contribution in [0.25, 0.3) is 10.2 Å². The SMILES string of the molecule is CCOC(OC)N(c1onc(C)c1Cl)S(=O)(=O)c1c(Cc2cc3c(cc2C)OCO3)sc2ncccc12. The largest absolute Gasteiger partial charge is 0.454 e. The highest BCUT2D eigenvalue weighted by Crippen LogP contribution is 2.42. The van der Waals surface area contributed by atoms with E-state index in [1.54, 1.807) is 32.2 Å². The molecule has 5 rings (SSSR count). The van der Waals surface area contributed by atoms with Gasteiger partial charge in [0.2, 0.25) is 6.79 Å². The van der Waals surface area contributed by atoms with Crippen molar-refractivity contribution in [2.75, 3.05) is 24.8 Å². The molecule has 37 heavy (non-hydrogen) atoms. The summed E-state index contributed by atoms with van der Waals surface area (Å²) in [6.45, 7) is 5.59. The molecule has 0 saturated heterocycles. The lowest BCUT2D eigenvalue weighted by Gasteiger charge is -2.28. The summed E-state index contributed by atoms with van der Waals surface area (Å²) in [7, 11) is -3.04. The summed E-state index contributed by atoms with van der Waals surface area (Å²) in [5.41, 5.74) is 2.16. The van der Waals surface area contributed by atoms with Gasteiger partial charge >= 0.3 is 0 Å². The molecule has 0 radical (unpaired) electrons. The van der Waals surface area contributed by atoms with E-state index in [1.165, 1.54) is 18.4 Å². The first-order chi connectivity index (χ1) is 17.8. The highest BCUT2D eigenvalue weighted by molar-refractivity contribution is 7.93. The Morgan fingerprint density at radius 3 is 2.68 bits per heavy atom. The molecule has 0 N–H and O–H groups in total. The molecule has 0 spiro atoms. The van der Waals surface area contributed by atoms with Crippen molar-refractivity contribution in [1.82, 2.24) is 10.1 Å². The molecule has 10 nitrogen and oxygen atoms in total. The zero-order valence-corrected chi connectivity index (χ0v) is 22.9. The van der Waals surface area contributed by atoms with Crippen LogP contribution in [-0.4, -0.2) is 45.5 Å². The van der Waals surface area contributed by atoms with E-state index in [-0.39, 0.29) is 29.2 Å². The molecule has 13 heteroatoms. The Balaban J connectivity index is 1.70. The van der Waals surface area contributed by atoms with Gasteiger partial charge in [0.1, 0.15) is 20.4 Å². The maximum atomic E-state index is 14.5. The molecule has 0 amide bonds. The summed E-state index contributed by atoms with van der Waals surface area (Å²) < 4.78 is 57.3. The number of methoxy groups -OCH3 is 1. The van der Waals surface area contributed by atoms with Crippen molar-refractivity contribution in [2.24, 2.45) is 0 Å². The molecule has 3 aromatic heterocycles. The highest BCUT2D eigenvalue weighted by atomic mass is 35.5. The number of benzene rings is 1. The van der Waals surface area contributed by atoms with Crippen molar-refractivity contribution in [2.45, 2.75) is 38.5 Å². The number of nitrogens with zero attached hydrogens (tertiary/aromatic N) is 3. The van der Waals surface area contributed by atoms with Crippen molar-refractivity contribution in [3.05, 3.63) is 57.2 Å². The second-order valence-electron chi connectivity index (χ2n) is 8.21. The Morgan fingerprint density at radius 1 is 1.24 bits per heavy atom. The van der Waals surface area contributed by atoms with Crippen LogP contribution in [0, 0.1) is 13.8 Å². The number of aromatic nitrogens is 2. The van der Waals surface area contributed by atoms with Gasteiger partial charge in [0.05, 0.1) is 0 Å². The van der Waals surface area contributed by atoms with E-state index in [2.05, 4.69) is 10.1 Å². The molecule has 1 aromatic carbocycles. The standard InChI is InChI=1S/C24H24ClN3O7S2/c1-5-32-24(31-4)28(23-20(25)14(3)27-35-23)37(29,30)21-16-7-6-8-26-22(16)36-19(21)11-15-10-18-17(9-13(15)2)33-12-34-18/h6-10,24H,5,11-12H2,1-4H3. The fraction of sp³-hybridized carbons (Fsp3) is 0.333. The summed E-state index contributed by atoms with van der Waals surface area (Å²) in [5, 5.41) is 4.35. The first-order valence-electron chi connectivity index (χ1n) is 11.3. The fourth-order valence-corrected chi connectivity index (χ4v) is 7.57. The summed E-state index contributed by atoms with van der Waals surface area (Å²) in [6, 6.07) is 7.17. The first kappa shape index (κ1) is 25.7. The number of halogens is 1. The minimum absolute atomic E-state index is 0.0381. The number of ether oxygens (including phenoxy) is 4. The van der Waals surface area contributed by atoms with Crippen molar-refractivity contribution in [3.63, 3.8) is 0 Å². The van der Waals surface area contributed by atoms with Gasteiger partial charge in [-0.15, -0.1) is 11.3 Å². The Kier molecular flexibility index (Phi) is 7.03. The van der Waals surface area contributed by atoms with Crippen LogP contribution in [0.3, 0.4) is 0 Å². The van der Waals surface area contributed by atoms with E-state index in [4.69, 9.17) is 35.1 Å². The van der Waals surface area contributed by atoms with Gasteiger partial charge in [-0.3, -0.25) is 0 Å². The van der Waals surface area contributed by atoms with E-state index in [9.17, 15) is 8.42 Å². The second kappa shape index (κ2) is 10.1. The summed E-state index contributed by atoms with van der Waals surface area (Å²) >= 11 is 7.72. The van der Waals surface area contributed by atoms with Crippen LogP contribution in [0.2, 0.25) is 5.02 Å². The first-order valence-corrected chi connectivity index (χ1v) is 14.0. The van der Waals surface area contributed by atoms with Crippen molar-refractivity contribution < 1.29 is 31.9 Å². The lowest BCUT2D eigenvalue weighted by molar-refractivity contribution is -0.112. The predicted octanol–water partition coefficient (Wildman–Crippen LogP) is 5.04. The van der Waals surface area contributed by atoms with Crippen LogP contribution in [0.5, 0.6) is 11.5 Å². The van der Waals surface area contributed by atoms with Gasteiger partial charge in [-0.1, -0.05) is 16.8 Å². The average molecular weight is 566 g/mol. The fourth-order valence-electron chi connectivity index (χ4n) is 4.08. The topological polar surface area (TPSA) is 113 Å². The molecule has 1 unspecified atom stereocenters. The van der Waals surface area contributed by atoms with Crippen LogP contribution in [0.1, 0.15) is 28.6 Å². The van der Waals surface area contributed by atoms with Gasteiger partial charge in [-0.2, -0.15) is 4.31 Å². The Labute approximate surface area is 222 Å². The molecular formula is C24H24ClN3O7S2. The second-order valence-corrected chi connectivity index (χ2v) is 11.4. The third-order valence-electron chi connectivity index (χ3n) is 5.86. The number of hydrogen-bond donors (Lipinski definition) is 0. The van der Waals surface area contributed by atoms with Gasteiger partial charge in [-0.05, 0) is 56.2 Å². The number of sulfonamides is 1. The van der Waals surface area contributed by atoms with E-state index < -0.39 is 16.4 Å². The summed E-state index contributed by atoms with van der Waals surface area (Å²) in [4.78, 5) is 5.62. The van der Waals surface area contributed by atoms with Crippen molar-refractivity contribution in [1.29, 1.82) is 0 Å². The molecule has 1 aliphatic rings. The van der Waals surface area contributed by atoms with Gasteiger partial charge in [0.25, 0.3) is 22.3 Å². The number of aryl methyl sites for hydroxylation is 2. The molecule has 0 saturated carbocycles. The summed E-state index contributed by atoms with van der Waals surface area (Å²) in [6.07, 6.45) is 0.574. The Hall–Kier alpha value is -2.90. The normalized spacial score (nSPS) is 13.9. The van der Waals surface area contributed by atoms with E-state index in [1.807, 2.05) is 19.1 Å². The number of fused-ring (bicyclic) bond motifs is 2. The van der Waals surface area contributed by atoms with Crippen LogP contribution in [-0.2, 0) is 25.9 Å². The minimum atomic E-state index is -4.38. The molecule has 0 bridgehead atoms. The van der Waals surface area contributed by atoms with Crippen molar-refractivity contribution in [3.8, 4) is 11.5 Å². The zero-order valence-electron chi connectivity index (χ0n) is 20.5. The van der Waals surface area contributed by atoms with Crippen LogP contribution in [0.15, 0.2) is 39.9 Å². The van der Waals surface area contributed by atoms with E-state index in [0.29, 0.717) is 38.7 Å². The number of hydrogen-bond acceptors (Lipinski definition) is 10. The predicted molar refractivity (Wildman–Crippen MR) is 138 cm³/mol. The lowest BCUT2D eigenvalue weighted by Crippen LogP contribution is -2.43. The molecular weight excluding hydrogens is 542 g/mol. The smallest absolute Gasteiger partial charge is 0.272 e. The molecule has 0 aliphatic carbocycles. The van der Waals surface area contributed by atoms with E-state index >= 15 is 0 Å². The number of thiophene rings is 1. The number of anilines is 1. The quantitative estimate of drug-likeness (QED) is 0.258. The molecule has 1 atom stereocenters. The molecule has 196 valence electrons. The maximum absolute atomic E-state index is 14.5. The van der Waals surface area contributed by atoms with Crippen LogP contribution < -0.4 is 13.8 Å². The van der Waals surface area contributed by atoms with E-state index in [0.717, 1.165) is 15.4 Å². The summed E-state index contributed by atoms with van der Waals surface area (Å²) in [5.74, 6) is 1.08. The third-order valence-corrected chi connectivity index (χ3v) is 9.38. The number of rotatable bonds is 9. The molecule has 4 heterocycles. The van der Waals surface area contributed by atoms with Crippen LogP contribution in [0.4, 0.5) is 5.88 Å². The maximum Gasteiger partial charge on any atom is 0.272 e. The Morgan fingerprint density at radius 2 is 2.00 bits per heavy atom. The Bertz CT molecular complexity index is 1570. The zero-order chi connectivity index (χ0) is 26.3. The van der Waals surface area contributed by atoms with Gasteiger partial charge in [0.15, 0.2) is 11.5 Å². The van der Waals surface area contributed by atoms with Gasteiger partial charge in [0, 0.05) is 36.6 Å². The highest BCUT2D eigenvalue weighted by Gasteiger charge is 2.41. The minimum Gasteiger partial charge on any atom is -0.454 e. The number of pyridine rings is 1. The molecule has 1 aliphatic heterocycles. The molecule has 0 fully saturated rings. The van der Waals surface area contributed by atoms with Gasteiger partial charge < -0.3 is 23.5 Å².